The topological polar surface area (TPSA) is 62.0 Å². The van der Waals surface area contributed by atoms with Crippen molar-refractivity contribution in [3.8, 4) is 6.07 Å². The number of rotatable bonds is 4. The molecule has 1 aliphatic heterocycles. The van der Waals surface area contributed by atoms with Crippen LogP contribution in [0.15, 0.2) is 24.8 Å². The maximum atomic E-state index is 8.64. The first kappa shape index (κ1) is 11.6. The first-order chi connectivity index (χ1) is 8.33. The molecule has 0 aliphatic carbocycles. The lowest BCUT2D eigenvalue weighted by molar-refractivity contribution is 0.0909. The summed E-state index contributed by atoms with van der Waals surface area (Å²) in [7, 11) is 0. The van der Waals surface area contributed by atoms with Crippen molar-refractivity contribution in [2.24, 2.45) is 0 Å². The quantitative estimate of drug-likeness (QED) is 0.725. The molecule has 0 radical (unpaired) electrons. The molecule has 1 fully saturated rings. The third-order valence-corrected chi connectivity index (χ3v) is 2.68. The Bertz CT molecular complexity index is 423. The molecular formula is C12H14N4O. The molecule has 1 aromatic rings. The lowest BCUT2D eigenvalue weighted by Gasteiger charge is -2.16. The molecule has 0 amide bonds. The Balaban J connectivity index is 1.95. The van der Waals surface area contributed by atoms with Crippen molar-refractivity contribution in [3.63, 3.8) is 0 Å². The van der Waals surface area contributed by atoms with Crippen LogP contribution in [0.3, 0.4) is 0 Å². The Labute approximate surface area is 100 Å². The van der Waals surface area contributed by atoms with Crippen LogP contribution in [-0.4, -0.2) is 36.0 Å². The molecule has 0 saturated carbocycles. The Morgan fingerprint density at radius 3 is 3.12 bits per heavy atom. The Morgan fingerprint density at radius 2 is 2.47 bits per heavy atom. The Morgan fingerprint density at radius 1 is 1.59 bits per heavy atom. The number of nitrogens with zero attached hydrogens (tertiary/aromatic N) is 4. The summed E-state index contributed by atoms with van der Waals surface area (Å²) in [5.74, 6) is 0.800. The second-order valence-corrected chi connectivity index (χ2v) is 3.87. The fraction of sp³-hybridized carbons (Fsp3) is 0.417. The van der Waals surface area contributed by atoms with Gasteiger partial charge in [0.15, 0.2) is 11.5 Å². The highest BCUT2D eigenvalue weighted by Gasteiger charge is 2.23. The molecule has 88 valence electrons. The van der Waals surface area contributed by atoms with Gasteiger partial charge in [0.2, 0.25) is 0 Å². The van der Waals surface area contributed by atoms with Crippen molar-refractivity contribution in [2.75, 3.05) is 24.6 Å². The van der Waals surface area contributed by atoms with Crippen molar-refractivity contribution in [3.05, 3.63) is 30.5 Å². The van der Waals surface area contributed by atoms with Crippen molar-refractivity contribution >= 4 is 5.82 Å². The van der Waals surface area contributed by atoms with Crippen LogP contribution < -0.4 is 4.90 Å². The lowest BCUT2D eigenvalue weighted by Crippen LogP contribution is -2.24. The summed E-state index contributed by atoms with van der Waals surface area (Å²) in [6, 6.07) is 5.46. The van der Waals surface area contributed by atoms with Crippen LogP contribution in [0.25, 0.3) is 0 Å². The van der Waals surface area contributed by atoms with Gasteiger partial charge < -0.3 is 9.64 Å². The minimum atomic E-state index is 0.227. The van der Waals surface area contributed by atoms with E-state index in [1.807, 2.05) is 12.1 Å². The smallest absolute Gasteiger partial charge is 0.163 e. The second-order valence-electron chi connectivity index (χ2n) is 3.87. The molecule has 0 spiro atoms. The maximum absolute atomic E-state index is 8.64. The maximum Gasteiger partial charge on any atom is 0.163 e. The molecule has 5 heteroatoms. The van der Waals surface area contributed by atoms with Gasteiger partial charge in [-0.15, -0.1) is 16.8 Å². The van der Waals surface area contributed by atoms with Crippen LogP contribution in [0.1, 0.15) is 12.1 Å². The van der Waals surface area contributed by atoms with E-state index in [0.29, 0.717) is 12.3 Å². The average molecular weight is 230 g/mol. The summed E-state index contributed by atoms with van der Waals surface area (Å²) < 4.78 is 5.59. The summed E-state index contributed by atoms with van der Waals surface area (Å²) in [5.41, 5.74) is 0.340. The van der Waals surface area contributed by atoms with Gasteiger partial charge in [-0.25, -0.2) is 0 Å². The Kier molecular flexibility index (Phi) is 3.68. The molecule has 1 aliphatic rings. The van der Waals surface area contributed by atoms with E-state index in [1.54, 1.807) is 12.1 Å². The predicted octanol–water partition coefficient (Wildman–Crippen LogP) is 1.13. The minimum Gasteiger partial charge on any atom is -0.372 e. The summed E-state index contributed by atoms with van der Waals surface area (Å²) in [6.45, 7) is 5.93. The molecule has 1 aromatic heterocycles. The van der Waals surface area contributed by atoms with Crippen LogP contribution >= 0.6 is 0 Å². The molecule has 0 N–H and O–H groups in total. The van der Waals surface area contributed by atoms with Crippen LogP contribution in [0.2, 0.25) is 0 Å². The molecular weight excluding hydrogens is 216 g/mol. The fourth-order valence-corrected chi connectivity index (χ4v) is 1.83. The third-order valence-electron chi connectivity index (χ3n) is 2.68. The van der Waals surface area contributed by atoms with Crippen LogP contribution in [0, 0.1) is 11.3 Å². The highest BCUT2D eigenvalue weighted by Crippen LogP contribution is 2.19. The molecule has 1 saturated heterocycles. The first-order valence-corrected chi connectivity index (χ1v) is 5.54. The van der Waals surface area contributed by atoms with Crippen LogP contribution in [-0.2, 0) is 4.74 Å². The minimum absolute atomic E-state index is 0.227. The summed E-state index contributed by atoms with van der Waals surface area (Å²) in [4.78, 5) is 2.11. The SMILES string of the molecule is C=CCOC1CCN(c2ccc(C#N)nn2)C1. The summed E-state index contributed by atoms with van der Waals surface area (Å²) in [6.07, 6.45) is 2.96. The molecule has 1 unspecified atom stereocenters. The predicted molar refractivity (Wildman–Crippen MR) is 63.5 cm³/mol. The Hall–Kier alpha value is -1.93. The number of anilines is 1. The van der Waals surface area contributed by atoms with Gasteiger partial charge in [-0.1, -0.05) is 6.08 Å². The van der Waals surface area contributed by atoms with E-state index in [9.17, 15) is 0 Å². The fourth-order valence-electron chi connectivity index (χ4n) is 1.83. The molecule has 17 heavy (non-hydrogen) atoms. The van der Waals surface area contributed by atoms with Crippen LogP contribution in [0.5, 0.6) is 0 Å². The highest BCUT2D eigenvalue weighted by molar-refractivity contribution is 5.40. The van der Waals surface area contributed by atoms with E-state index in [4.69, 9.17) is 10.00 Å². The number of hydrogen-bond donors (Lipinski definition) is 0. The van der Waals surface area contributed by atoms with Gasteiger partial charge >= 0.3 is 0 Å². The zero-order valence-corrected chi connectivity index (χ0v) is 9.54. The van der Waals surface area contributed by atoms with Gasteiger partial charge in [-0.3, -0.25) is 0 Å². The van der Waals surface area contributed by atoms with E-state index >= 15 is 0 Å². The van der Waals surface area contributed by atoms with Crippen molar-refractivity contribution < 1.29 is 4.74 Å². The molecule has 2 heterocycles. The molecule has 2 rings (SSSR count). The van der Waals surface area contributed by atoms with E-state index < -0.39 is 0 Å². The monoisotopic (exact) mass is 230 g/mol. The molecule has 1 atom stereocenters. The van der Waals surface area contributed by atoms with Crippen LogP contribution in [0.4, 0.5) is 5.82 Å². The molecule has 0 aromatic carbocycles. The number of aromatic nitrogens is 2. The van der Waals surface area contributed by atoms with E-state index in [2.05, 4.69) is 21.7 Å². The first-order valence-electron chi connectivity index (χ1n) is 5.54. The molecule has 5 nitrogen and oxygen atoms in total. The van der Waals surface area contributed by atoms with E-state index in [-0.39, 0.29) is 6.10 Å². The third kappa shape index (κ3) is 2.80. The van der Waals surface area contributed by atoms with Gasteiger partial charge in [0.25, 0.3) is 0 Å². The van der Waals surface area contributed by atoms with Gasteiger partial charge in [0.05, 0.1) is 12.7 Å². The van der Waals surface area contributed by atoms with Crippen molar-refractivity contribution in [1.82, 2.24) is 10.2 Å². The van der Waals surface area contributed by atoms with Crippen molar-refractivity contribution in [1.29, 1.82) is 5.26 Å². The summed E-state index contributed by atoms with van der Waals surface area (Å²) >= 11 is 0. The van der Waals surface area contributed by atoms with Gasteiger partial charge in [-0.05, 0) is 18.6 Å². The second kappa shape index (κ2) is 5.41. The van der Waals surface area contributed by atoms with E-state index in [0.717, 1.165) is 25.3 Å². The zero-order chi connectivity index (χ0) is 12.1. The lowest BCUT2D eigenvalue weighted by atomic mass is 10.3. The molecule has 0 bridgehead atoms. The standard InChI is InChI=1S/C12H14N4O/c1-2-7-17-11-5-6-16(9-11)12-4-3-10(8-13)14-15-12/h2-4,11H,1,5-7,9H2. The number of hydrogen-bond acceptors (Lipinski definition) is 5. The zero-order valence-electron chi connectivity index (χ0n) is 9.54. The number of ether oxygens (including phenoxy) is 1. The largest absolute Gasteiger partial charge is 0.372 e. The summed E-state index contributed by atoms with van der Waals surface area (Å²) in [5, 5.41) is 16.5. The van der Waals surface area contributed by atoms with Gasteiger partial charge in [0, 0.05) is 13.1 Å². The highest BCUT2D eigenvalue weighted by atomic mass is 16.5. The van der Waals surface area contributed by atoms with E-state index in [1.165, 1.54) is 0 Å². The normalized spacial score (nSPS) is 19.0. The van der Waals surface area contributed by atoms with Gasteiger partial charge in [0.1, 0.15) is 6.07 Å². The number of nitriles is 1. The van der Waals surface area contributed by atoms with Gasteiger partial charge in [-0.2, -0.15) is 5.26 Å². The average Bonchev–Trinajstić information content (AvgIpc) is 2.85. The van der Waals surface area contributed by atoms with Crippen molar-refractivity contribution in [2.45, 2.75) is 12.5 Å².